The van der Waals surface area contributed by atoms with Gasteiger partial charge in [0.05, 0.1) is 12.7 Å². The zero-order valence-corrected chi connectivity index (χ0v) is 15.6. The Morgan fingerprint density at radius 3 is 2.72 bits per heavy atom. The summed E-state index contributed by atoms with van der Waals surface area (Å²) in [6.07, 6.45) is 2.38. The van der Waals surface area contributed by atoms with Crippen molar-refractivity contribution in [3.63, 3.8) is 0 Å². The van der Waals surface area contributed by atoms with Crippen LogP contribution >= 0.6 is 0 Å². The predicted octanol–water partition coefficient (Wildman–Crippen LogP) is 3.70. The summed E-state index contributed by atoms with van der Waals surface area (Å²) in [5.41, 5.74) is 3.34. The average Bonchev–Trinajstić information content (AvgIpc) is 2.58. The lowest BCUT2D eigenvalue weighted by molar-refractivity contribution is -0.202. The molecule has 3 rings (SSSR count). The monoisotopic (exact) mass is 343 g/mol. The van der Waals surface area contributed by atoms with Crippen LogP contribution in [0.2, 0.25) is 0 Å². The molecule has 1 aliphatic heterocycles. The number of hydrogen-bond acceptors (Lipinski definition) is 4. The first-order valence-corrected chi connectivity index (χ1v) is 9.08. The van der Waals surface area contributed by atoms with Gasteiger partial charge in [-0.1, -0.05) is 43.3 Å². The van der Waals surface area contributed by atoms with Gasteiger partial charge >= 0.3 is 0 Å². The lowest BCUT2D eigenvalue weighted by Gasteiger charge is -2.38. The van der Waals surface area contributed by atoms with Gasteiger partial charge in [-0.05, 0) is 24.0 Å². The Labute approximate surface area is 150 Å². The number of allylic oxidation sites excluding steroid dienone is 1. The number of hydrogen-bond donors (Lipinski definition) is 2. The minimum Gasteiger partial charge on any atom is -0.467 e. The fourth-order valence-electron chi connectivity index (χ4n) is 3.45. The van der Waals surface area contributed by atoms with Gasteiger partial charge in [0.25, 0.3) is 0 Å². The minimum absolute atomic E-state index is 0.201. The van der Waals surface area contributed by atoms with Crippen molar-refractivity contribution in [2.75, 3.05) is 13.2 Å². The van der Waals surface area contributed by atoms with E-state index in [0.717, 1.165) is 23.3 Å². The fourth-order valence-corrected chi connectivity index (χ4v) is 3.45. The van der Waals surface area contributed by atoms with Crippen molar-refractivity contribution in [1.82, 2.24) is 5.32 Å². The van der Waals surface area contributed by atoms with Gasteiger partial charge in [-0.3, -0.25) is 0 Å². The van der Waals surface area contributed by atoms with Crippen molar-refractivity contribution < 1.29 is 14.6 Å². The molecule has 2 aliphatic rings. The van der Waals surface area contributed by atoms with Crippen LogP contribution in [0.15, 0.2) is 53.3 Å². The molecule has 0 saturated carbocycles. The summed E-state index contributed by atoms with van der Waals surface area (Å²) in [6, 6.07) is 10.5. The third kappa shape index (κ3) is 4.32. The minimum atomic E-state index is -0.560. The second-order valence-corrected chi connectivity index (χ2v) is 7.54. The van der Waals surface area contributed by atoms with E-state index in [2.05, 4.69) is 37.4 Å². The van der Waals surface area contributed by atoms with Crippen LogP contribution in [-0.2, 0) is 9.47 Å². The normalized spacial score (nSPS) is 24.8. The van der Waals surface area contributed by atoms with Crippen LogP contribution in [-0.4, -0.2) is 30.1 Å². The first-order valence-electron chi connectivity index (χ1n) is 9.08. The van der Waals surface area contributed by atoms with E-state index >= 15 is 0 Å². The maximum absolute atomic E-state index is 10.7. The fraction of sp³-hybridized carbons (Fsp3) is 0.524. The van der Waals surface area contributed by atoms with Crippen LogP contribution in [0.1, 0.15) is 45.7 Å². The number of nitrogens with one attached hydrogen (secondary N) is 1. The molecule has 25 heavy (non-hydrogen) atoms. The van der Waals surface area contributed by atoms with Gasteiger partial charge in [0.2, 0.25) is 5.79 Å². The molecule has 2 N–H and O–H groups in total. The largest absolute Gasteiger partial charge is 0.467 e. The molecule has 4 nitrogen and oxygen atoms in total. The Kier molecular flexibility index (Phi) is 5.32. The Morgan fingerprint density at radius 1 is 1.28 bits per heavy atom. The SMILES string of the molecule is CC1CC2=C(C=C1C(O)CNC(C)c1ccccc1)COC(C)(C)O2. The molecule has 3 unspecified atom stereocenters. The van der Waals surface area contributed by atoms with Crippen LogP contribution in [0, 0.1) is 5.92 Å². The lowest BCUT2D eigenvalue weighted by atomic mass is 9.85. The van der Waals surface area contributed by atoms with Crippen molar-refractivity contribution in [3.05, 3.63) is 58.9 Å². The molecule has 1 aliphatic carbocycles. The van der Waals surface area contributed by atoms with E-state index in [0.29, 0.717) is 13.2 Å². The highest BCUT2D eigenvalue weighted by Crippen LogP contribution is 2.37. The summed E-state index contributed by atoms with van der Waals surface area (Å²) in [7, 11) is 0. The van der Waals surface area contributed by atoms with Gasteiger partial charge in [-0.25, -0.2) is 0 Å². The molecule has 0 fully saturated rings. The van der Waals surface area contributed by atoms with Crippen molar-refractivity contribution in [2.24, 2.45) is 5.92 Å². The highest BCUT2D eigenvalue weighted by Gasteiger charge is 2.33. The van der Waals surface area contributed by atoms with Crippen molar-refractivity contribution >= 4 is 0 Å². The van der Waals surface area contributed by atoms with Crippen molar-refractivity contribution in [3.8, 4) is 0 Å². The van der Waals surface area contributed by atoms with E-state index in [1.54, 1.807) is 0 Å². The summed E-state index contributed by atoms with van der Waals surface area (Å²) in [5, 5.41) is 14.1. The molecular formula is C21H29NO3. The molecule has 1 heterocycles. The molecular weight excluding hydrogens is 314 g/mol. The molecule has 0 spiro atoms. The Balaban J connectivity index is 1.65. The smallest absolute Gasteiger partial charge is 0.204 e. The second-order valence-electron chi connectivity index (χ2n) is 7.54. The van der Waals surface area contributed by atoms with Crippen LogP contribution in [0.3, 0.4) is 0 Å². The van der Waals surface area contributed by atoms with Crippen LogP contribution in [0.4, 0.5) is 0 Å². The Hall–Kier alpha value is -1.62. The quantitative estimate of drug-likeness (QED) is 0.856. The summed E-state index contributed by atoms with van der Waals surface area (Å²) >= 11 is 0. The summed E-state index contributed by atoms with van der Waals surface area (Å²) in [5.74, 6) is 0.705. The van der Waals surface area contributed by atoms with Crippen LogP contribution < -0.4 is 5.32 Å². The number of aliphatic hydroxyl groups excluding tert-OH is 1. The third-order valence-corrected chi connectivity index (χ3v) is 5.01. The Morgan fingerprint density at radius 2 is 2.00 bits per heavy atom. The predicted molar refractivity (Wildman–Crippen MR) is 98.9 cm³/mol. The standard InChI is InChI=1S/C21H29NO3/c1-14-10-20-17(13-24-21(3,4)25-20)11-18(14)19(23)12-22-15(2)16-8-6-5-7-9-16/h5-9,11,14-15,19,22-23H,10,12-13H2,1-4H3. The van der Waals surface area contributed by atoms with E-state index < -0.39 is 11.9 Å². The van der Waals surface area contributed by atoms with E-state index in [-0.39, 0.29) is 12.0 Å². The molecule has 136 valence electrons. The van der Waals surface area contributed by atoms with Gasteiger partial charge < -0.3 is 19.9 Å². The van der Waals surface area contributed by atoms with Crippen LogP contribution in [0.25, 0.3) is 0 Å². The summed E-state index contributed by atoms with van der Waals surface area (Å²) < 4.78 is 11.7. The molecule has 0 radical (unpaired) electrons. The highest BCUT2D eigenvalue weighted by atomic mass is 16.7. The zero-order chi connectivity index (χ0) is 18.0. The molecule has 4 heteroatoms. The number of rotatable bonds is 5. The Bertz CT molecular complexity index is 663. The molecule has 3 atom stereocenters. The second kappa shape index (κ2) is 7.32. The van der Waals surface area contributed by atoms with E-state index in [4.69, 9.17) is 9.47 Å². The average molecular weight is 343 g/mol. The molecule has 1 aromatic rings. The summed E-state index contributed by atoms with van der Waals surface area (Å²) in [4.78, 5) is 0. The van der Waals surface area contributed by atoms with Gasteiger partial charge in [0.15, 0.2) is 0 Å². The van der Waals surface area contributed by atoms with Gasteiger partial charge in [0, 0.05) is 38.4 Å². The first kappa shape index (κ1) is 18.2. The first-order chi connectivity index (χ1) is 11.9. The maximum Gasteiger partial charge on any atom is 0.204 e. The van der Waals surface area contributed by atoms with Crippen molar-refractivity contribution in [1.29, 1.82) is 0 Å². The van der Waals surface area contributed by atoms with Gasteiger partial charge in [0.1, 0.15) is 5.76 Å². The van der Waals surface area contributed by atoms with Gasteiger partial charge in [-0.2, -0.15) is 0 Å². The van der Waals surface area contributed by atoms with E-state index in [9.17, 15) is 5.11 Å². The molecule has 0 saturated heterocycles. The zero-order valence-electron chi connectivity index (χ0n) is 15.6. The van der Waals surface area contributed by atoms with Crippen LogP contribution in [0.5, 0.6) is 0 Å². The van der Waals surface area contributed by atoms with Gasteiger partial charge in [-0.15, -0.1) is 0 Å². The number of ether oxygens (including phenoxy) is 2. The topological polar surface area (TPSA) is 50.7 Å². The maximum atomic E-state index is 10.7. The number of benzene rings is 1. The molecule has 0 bridgehead atoms. The molecule has 0 aromatic heterocycles. The third-order valence-electron chi connectivity index (χ3n) is 5.01. The molecule has 1 aromatic carbocycles. The lowest BCUT2D eigenvalue weighted by Crippen LogP contribution is -2.37. The van der Waals surface area contributed by atoms with Crippen molar-refractivity contribution in [2.45, 2.75) is 52.0 Å². The van der Waals surface area contributed by atoms with E-state index in [1.165, 1.54) is 5.56 Å². The number of aliphatic hydroxyl groups is 1. The molecule has 0 amide bonds. The highest BCUT2D eigenvalue weighted by molar-refractivity contribution is 5.36. The van der Waals surface area contributed by atoms with E-state index in [1.807, 2.05) is 32.0 Å². The summed E-state index contributed by atoms with van der Waals surface area (Å²) in [6.45, 7) is 9.20.